The van der Waals surface area contributed by atoms with E-state index in [1.807, 2.05) is 31.1 Å². The molecule has 0 spiro atoms. The third-order valence-corrected chi connectivity index (χ3v) is 2.34. The molecule has 1 atom stereocenters. The second-order valence-electron chi connectivity index (χ2n) is 3.12. The Kier molecular flexibility index (Phi) is 1.77. The fourth-order valence-electron chi connectivity index (χ4n) is 1.61. The fraction of sp³-hybridized carbons (Fsp3) is 0.333. The van der Waals surface area contributed by atoms with Gasteiger partial charge in [-0.15, -0.1) is 0 Å². The summed E-state index contributed by atoms with van der Waals surface area (Å²) in [6.45, 7) is 0. The van der Waals surface area contributed by atoms with E-state index in [2.05, 4.69) is 10.6 Å². The van der Waals surface area contributed by atoms with Gasteiger partial charge in [-0.1, -0.05) is 6.07 Å². The summed E-state index contributed by atoms with van der Waals surface area (Å²) in [5.74, 6) is 0.294. The van der Waals surface area contributed by atoms with Gasteiger partial charge in [0, 0.05) is 7.05 Å². The first-order valence-electron chi connectivity index (χ1n) is 4.22. The second-order valence-corrected chi connectivity index (χ2v) is 3.12. The molecule has 0 amide bonds. The number of para-hydroxylation sites is 1. The van der Waals surface area contributed by atoms with E-state index in [0.29, 0.717) is 5.75 Å². The maximum absolute atomic E-state index is 9.55. The third-order valence-electron chi connectivity index (χ3n) is 2.34. The number of phenols is 1. The molecule has 0 bridgehead atoms. The lowest BCUT2D eigenvalue weighted by molar-refractivity contribution is 0.477. The SMILES string of the molecule is CNC1Nc2c(O)cccc2N1C. The number of hydrogen-bond acceptors (Lipinski definition) is 4. The molecule has 0 aliphatic carbocycles. The first-order valence-corrected chi connectivity index (χ1v) is 4.22. The highest BCUT2D eigenvalue weighted by molar-refractivity contribution is 5.80. The number of phenolic OH excluding ortho intramolecular Hbond substituents is 1. The Morgan fingerprint density at radius 1 is 1.54 bits per heavy atom. The number of aromatic hydroxyl groups is 1. The summed E-state index contributed by atoms with van der Waals surface area (Å²) < 4.78 is 0. The van der Waals surface area contributed by atoms with Crippen molar-refractivity contribution in [1.29, 1.82) is 0 Å². The van der Waals surface area contributed by atoms with Crippen LogP contribution in [0.25, 0.3) is 0 Å². The number of anilines is 2. The van der Waals surface area contributed by atoms with Crippen molar-refractivity contribution < 1.29 is 5.11 Å². The Labute approximate surface area is 77.2 Å². The molecule has 13 heavy (non-hydrogen) atoms. The molecule has 0 saturated carbocycles. The molecule has 2 rings (SSSR count). The first-order chi connectivity index (χ1) is 6.24. The predicted molar refractivity (Wildman–Crippen MR) is 53.0 cm³/mol. The molecule has 1 aliphatic heterocycles. The molecule has 1 unspecified atom stereocenters. The van der Waals surface area contributed by atoms with Crippen LogP contribution in [0.1, 0.15) is 0 Å². The van der Waals surface area contributed by atoms with E-state index >= 15 is 0 Å². The lowest BCUT2D eigenvalue weighted by Gasteiger charge is -2.20. The number of benzene rings is 1. The maximum atomic E-state index is 9.55. The minimum Gasteiger partial charge on any atom is -0.506 e. The van der Waals surface area contributed by atoms with Gasteiger partial charge in [-0.25, -0.2) is 0 Å². The Morgan fingerprint density at radius 2 is 2.31 bits per heavy atom. The highest BCUT2D eigenvalue weighted by Crippen LogP contribution is 2.38. The molecule has 0 radical (unpaired) electrons. The van der Waals surface area contributed by atoms with E-state index in [9.17, 15) is 5.11 Å². The van der Waals surface area contributed by atoms with E-state index in [1.54, 1.807) is 6.07 Å². The standard InChI is InChI=1S/C9H13N3O/c1-10-9-11-8-6(12(9)2)4-3-5-7(8)13/h3-5,9-11,13H,1-2H3. The van der Waals surface area contributed by atoms with Gasteiger partial charge in [0.15, 0.2) is 6.29 Å². The molecule has 4 heteroatoms. The molecule has 1 aromatic carbocycles. The van der Waals surface area contributed by atoms with Gasteiger partial charge in [-0.05, 0) is 19.2 Å². The van der Waals surface area contributed by atoms with Crippen LogP contribution in [0.15, 0.2) is 18.2 Å². The van der Waals surface area contributed by atoms with Gasteiger partial charge in [0.25, 0.3) is 0 Å². The van der Waals surface area contributed by atoms with Crippen LogP contribution in [-0.2, 0) is 0 Å². The number of hydrogen-bond donors (Lipinski definition) is 3. The zero-order valence-electron chi connectivity index (χ0n) is 7.70. The summed E-state index contributed by atoms with van der Waals surface area (Å²) in [5.41, 5.74) is 1.81. The number of nitrogens with one attached hydrogen (secondary N) is 2. The predicted octanol–water partition coefficient (Wildman–Crippen LogP) is 0.757. The van der Waals surface area contributed by atoms with E-state index in [-0.39, 0.29) is 6.29 Å². The summed E-state index contributed by atoms with van der Waals surface area (Å²) >= 11 is 0. The third kappa shape index (κ3) is 1.10. The van der Waals surface area contributed by atoms with Crippen LogP contribution in [0.4, 0.5) is 11.4 Å². The largest absolute Gasteiger partial charge is 0.506 e. The zero-order valence-corrected chi connectivity index (χ0v) is 7.70. The normalized spacial score (nSPS) is 19.8. The average molecular weight is 179 g/mol. The van der Waals surface area contributed by atoms with E-state index < -0.39 is 0 Å². The maximum Gasteiger partial charge on any atom is 0.155 e. The van der Waals surface area contributed by atoms with Gasteiger partial charge in [0.05, 0.1) is 5.69 Å². The lowest BCUT2D eigenvalue weighted by Crippen LogP contribution is -2.43. The van der Waals surface area contributed by atoms with Crippen LogP contribution >= 0.6 is 0 Å². The van der Waals surface area contributed by atoms with Gasteiger partial charge < -0.3 is 15.3 Å². The molecule has 1 aliphatic rings. The summed E-state index contributed by atoms with van der Waals surface area (Å²) in [5, 5.41) is 15.8. The molecule has 4 nitrogen and oxygen atoms in total. The molecule has 70 valence electrons. The van der Waals surface area contributed by atoms with Crippen LogP contribution in [0.5, 0.6) is 5.75 Å². The first kappa shape index (κ1) is 8.19. The minimum atomic E-state index is 0.0586. The highest BCUT2D eigenvalue weighted by atomic mass is 16.3. The molecule has 1 heterocycles. The van der Waals surface area contributed by atoms with E-state index in [0.717, 1.165) is 11.4 Å². The molecule has 3 N–H and O–H groups in total. The van der Waals surface area contributed by atoms with Gasteiger partial charge in [-0.3, -0.25) is 5.32 Å². The Morgan fingerprint density at radius 3 is 2.92 bits per heavy atom. The summed E-state index contributed by atoms with van der Waals surface area (Å²) in [6, 6.07) is 5.49. The quantitative estimate of drug-likeness (QED) is 0.557. The van der Waals surface area contributed by atoms with E-state index in [1.165, 1.54) is 0 Å². The average Bonchev–Trinajstić information content (AvgIpc) is 2.45. The minimum absolute atomic E-state index is 0.0586. The molecule has 1 aromatic rings. The molecular formula is C9H13N3O. The molecule has 0 saturated heterocycles. The van der Waals surface area contributed by atoms with Crippen LogP contribution in [0.2, 0.25) is 0 Å². The van der Waals surface area contributed by atoms with Crippen molar-refractivity contribution in [3.8, 4) is 5.75 Å². The van der Waals surface area contributed by atoms with Crippen molar-refractivity contribution in [2.45, 2.75) is 6.29 Å². The zero-order chi connectivity index (χ0) is 9.42. The summed E-state index contributed by atoms with van der Waals surface area (Å²) in [6.07, 6.45) is 0.0586. The Bertz CT molecular complexity index is 327. The van der Waals surface area contributed by atoms with Crippen molar-refractivity contribution in [3.63, 3.8) is 0 Å². The smallest absolute Gasteiger partial charge is 0.155 e. The second kappa shape index (κ2) is 2.81. The van der Waals surface area contributed by atoms with Gasteiger partial charge >= 0.3 is 0 Å². The van der Waals surface area contributed by atoms with Crippen LogP contribution in [0, 0.1) is 0 Å². The number of nitrogens with zero attached hydrogens (tertiary/aromatic N) is 1. The molecular weight excluding hydrogens is 166 g/mol. The van der Waals surface area contributed by atoms with Gasteiger partial charge in [-0.2, -0.15) is 0 Å². The Hall–Kier alpha value is -1.42. The number of rotatable bonds is 1. The van der Waals surface area contributed by atoms with Crippen molar-refractivity contribution in [3.05, 3.63) is 18.2 Å². The van der Waals surface area contributed by atoms with E-state index in [4.69, 9.17) is 0 Å². The molecule has 0 aromatic heterocycles. The van der Waals surface area contributed by atoms with Crippen molar-refractivity contribution in [1.82, 2.24) is 5.32 Å². The highest BCUT2D eigenvalue weighted by Gasteiger charge is 2.25. The lowest BCUT2D eigenvalue weighted by atomic mass is 10.2. The summed E-state index contributed by atoms with van der Waals surface area (Å²) in [7, 11) is 3.84. The fourth-order valence-corrected chi connectivity index (χ4v) is 1.61. The topological polar surface area (TPSA) is 47.5 Å². The van der Waals surface area contributed by atoms with Crippen LogP contribution < -0.4 is 15.5 Å². The monoisotopic (exact) mass is 179 g/mol. The van der Waals surface area contributed by atoms with Crippen LogP contribution in [0.3, 0.4) is 0 Å². The Balaban J connectivity index is 2.43. The van der Waals surface area contributed by atoms with Crippen molar-refractivity contribution in [2.24, 2.45) is 0 Å². The van der Waals surface area contributed by atoms with Crippen LogP contribution in [-0.4, -0.2) is 25.5 Å². The van der Waals surface area contributed by atoms with Gasteiger partial charge in [0.1, 0.15) is 11.4 Å². The van der Waals surface area contributed by atoms with Crippen molar-refractivity contribution in [2.75, 3.05) is 24.3 Å². The molecule has 0 fully saturated rings. The van der Waals surface area contributed by atoms with Crippen molar-refractivity contribution >= 4 is 11.4 Å². The summed E-state index contributed by atoms with van der Waals surface area (Å²) in [4.78, 5) is 2.04. The number of fused-ring (bicyclic) bond motifs is 1. The van der Waals surface area contributed by atoms with Gasteiger partial charge in [0.2, 0.25) is 0 Å².